The molecule has 0 amide bonds. The van der Waals surface area contributed by atoms with E-state index in [-0.39, 0.29) is 0 Å². The zero-order valence-electron chi connectivity index (χ0n) is 11.2. The highest BCUT2D eigenvalue weighted by atomic mass is 32.1. The second-order valence-electron chi connectivity index (χ2n) is 5.45. The van der Waals surface area contributed by atoms with Gasteiger partial charge in [-0.15, -0.1) is 11.3 Å². The average Bonchev–Trinajstić information content (AvgIpc) is 2.83. The van der Waals surface area contributed by atoms with Crippen LogP contribution in [0.5, 0.6) is 0 Å². The lowest BCUT2D eigenvalue weighted by molar-refractivity contribution is 0.256. The molecule has 0 aromatic carbocycles. The average molecular weight is 265 g/mol. The van der Waals surface area contributed by atoms with Crippen molar-refractivity contribution < 1.29 is 0 Å². The molecule has 1 saturated heterocycles. The molecule has 0 saturated carbocycles. The Labute approximate surface area is 114 Å². The smallest absolute Gasteiger partial charge is 0.110 e. The fourth-order valence-electron chi connectivity index (χ4n) is 2.99. The zero-order chi connectivity index (χ0) is 12.4. The first-order valence-corrected chi connectivity index (χ1v) is 8.12. The van der Waals surface area contributed by atoms with Crippen LogP contribution < -0.4 is 5.32 Å². The molecule has 0 bridgehead atoms. The number of nitrogens with zero attached hydrogens (tertiary/aromatic N) is 2. The van der Waals surface area contributed by atoms with E-state index in [1.165, 1.54) is 54.4 Å². The molecule has 100 valence electrons. The Balaban J connectivity index is 1.72. The Morgan fingerprint density at radius 1 is 1.44 bits per heavy atom. The summed E-state index contributed by atoms with van der Waals surface area (Å²) in [5.41, 5.74) is 1.38. The normalized spacial score (nSPS) is 25.1. The molecule has 1 fully saturated rings. The molecule has 1 N–H and O–H groups in total. The Morgan fingerprint density at radius 3 is 3.17 bits per heavy atom. The van der Waals surface area contributed by atoms with Crippen molar-refractivity contribution in [1.29, 1.82) is 0 Å². The number of hydrogen-bond acceptors (Lipinski definition) is 4. The van der Waals surface area contributed by atoms with Crippen LogP contribution in [0.1, 0.15) is 54.2 Å². The predicted octanol–water partition coefficient (Wildman–Crippen LogP) is 2.73. The van der Waals surface area contributed by atoms with Gasteiger partial charge in [-0.05, 0) is 32.4 Å². The molecule has 3 nitrogen and oxygen atoms in total. The van der Waals surface area contributed by atoms with Gasteiger partial charge in [0.25, 0.3) is 0 Å². The monoisotopic (exact) mass is 265 g/mol. The van der Waals surface area contributed by atoms with Gasteiger partial charge in [-0.1, -0.05) is 13.3 Å². The topological polar surface area (TPSA) is 28.2 Å². The summed E-state index contributed by atoms with van der Waals surface area (Å²) in [5, 5.41) is 4.96. The third-order valence-electron chi connectivity index (χ3n) is 3.98. The van der Waals surface area contributed by atoms with Gasteiger partial charge in [0.1, 0.15) is 5.01 Å². The molecule has 1 atom stereocenters. The lowest BCUT2D eigenvalue weighted by Gasteiger charge is -2.25. The van der Waals surface area contributed by atoms with Crippen LogP contribution in [0.4, 0.5) is 0 Å². The Bertz CT molecular complexity index is 396. The second kappa shape index (κ2) is 5.68. The van der Waals surface area contributed by atoms with Crippen molar-refractivity contribution >= 4 is 11.3 Å². The molecule has 0 aliphatic carbocycles. The maximum Gasteiger partial charge on any atom is 0.110 e. The van der Waals surface area contributed by atoms with E-state index in [2.05, 4.69) is 17.1 Å². The third-order valence-corrected chi connectivity index (χ3v) is 5.17. The minimum absolute atomic E-state index is 0.536. The number of hydrogen-bond donors (Lipinski definition) is 1. The van der Waals surface area contributed by atoms with E-state index in [0.29, 0.717) is 6.04 Å². The Kier molecular flexibility index (Phi) is 3.97. The van der Waals surface area contributed by atoms with Crippen molar-refractivity contribution in [2.24, 2.45) is 0 Å². The van der Waals surface area contributed by atoms with E-state index in [1.54, 1.807) is 0 Å². The van der Waals surface area contributed by atoms with Crippen LogP contribution in [-0.4, -0.2) is 29.5 Å². The van der Waals surface area contributed by atoms with Crippen molar-refractivity contribution in [3.05, 3.63) is 15.6 Å². The minimum Gasteiger partial charge on any atom is -0.308 e. The summed E-state index contributed by atoms with van der Waals surface area (Å²) >= 11 is 1.96. The van der Waals surface area contributed by atoms with Gasteiger partial charge >= 0.3 is 0 Å². The van der Waals surface area contributed by atoms with Crippen LogP contribution in [0.2, 0.25) is 0 Å². The van der Waals surface area contributed by atoms with E-state index >= 15 is 0 Å². The van der Waals surface area contributed by atoms with Crippen LogP contribution in [-0.2, 0) is 13.0 Å². The Morgan fingerprint density at radius 2 is 2.39 bits per heavy atom. The lowest BCUT2D eigenvalue weighted by Crippen LogP contribution is -2.30. The SMILES string of the molecule is CCCN1CCc2nc(C3CCCCN3)sc2C1. The molecule has 1 unspecified atom stereocenters. The number of piperidine rings is 1. The molecule has 3 rings (SSSR count). The minimum atomic E-state index is 0.536. The fraction of sp³-hybridized carbons (Fsp3) is 0.786. The molecule has 1 aromatic heterocycles. The van der Waals surface area contributed by atoms with Crippen LogP contribution in [0, 0.1) is 0 Å². The summed E-state index contributed by atoms with van der Waals surface area (Å²) in [6, 6.07) is 0.536. The Hall–Kier alpha value is -0.450. The highest BCUT2D eigenvalue weighted by molar-refractivity contribution is 7.11. The van der Waals surface area contributed by atoms with Gasteiger partial charge in [-0.25, -0.2) is 4.98 Å². The van der Waals surface area contributed by atoms with Crippen molar-refractivity contribution in [2.75, 3.05) is 19.6 Å². The zero-order valence-corrected chi connectivity index (χ0v) is 12.1. The first-order chi connectivity index (χ1) is 8.86. The fourth-order valence-corrected chi connectivity index (χ4v) is 4.25. The van der Waals surface area contributed by atoms with Gasteiger partial charge in [0, 0.05) is 24.4 Å². The number of rotatable bonds is 3. The molecule has 3 heterocycles. The van der Waals surface area contributed by atoms with E-state index in [9.17, 15) is 0 Å². The maximum atomic E-state index is 4.90. The van der Waals surface area contributed by atoms with Gasteiger partial charge in [0.15, 0.2) is 0 Å². The maximum absolute atomic E-state index is 4.90. The van der Waals surface area contributed by atoms with Gasteiger partial charge in [0.05, 0.1) is 11.7 Å². The molecular formula is C14H23N3S. The summed E-state index contributed by atoms with van der Waals surface area (Å²) in [7, 11) is 0. The van der Waals surface area contributed by atoms with Crippen LogP contribution in [0.25, 0.3) is 0 Å². The molecule has 0 spiro atoms. The quantitative estimate of drug-likeness (QED) is 0.911. The molecular weight excluding hydrogens is 242 g/mol. The number of nitrogens with one attached hydrogen (secondary N) is 1. The van der Waals surface area contributed by atoms with Crippen LogP contribution in [0.3, 0.4) is 0 Å². The van der Waals surface area contributed by atoms with E-state index < -0.39 is 0 Å². The van der Waals surface area contributed by atoms with E-state index in [0.717, 1.165) is 19.5 Å². The van der Waals surface area contributed by atoms with E-state index in [1.807, 2.05) is 11.3 Å². The summed E-state index contributed by atoms with van der Waals surface area (Å²) in [6.45, 7) is 6.99. The van der Waals surface area contributed by atoms with Crippen molar-refractivity contribution in [3.63, 3.8) is 0 Å². The first kappa shape index (κ1) is 12.6. The van der Waals surface area contributed by atoms with Gasteiger partial charge in [0.2, 0.25) is 0 Å². The van der Waals surface area contributed by atoms with E-state index in [4.69, 9.17) is 4.98 Å². The van der Waals surface area contributed by atoms with Crippen LogP contribution >= 0.6 is 11.3 Å². The molecule has 1 aromatic rings. The van der Waals surface area contributed by atoms with Crippen molar-refractivity contribution in [1.82, 2.24) is 15.2 Å². The van der Waals surface area contributed by atoms with Crippen molar-refractivity contribution in [3.8, 4) is 0 Å². The molecule has 2 aliphatic heterocycles. The largest absolute Gasteiger partial charge is 0.308 e. The first-order valence-electron chi connectivity index (χ1n) is 7.31. The predicted molar refractivity (Wildman–Crippen MR) is 76.0 cm³/mol. The molecule has 4 heteroatoms. The molecule has 2 aliphatic rings. The molecule has 18 heavy (non-hydrogen) atoms. The summed E-state index contributed by atoms with van der Waals surface area (Å²) in [6.07, 6.45) is 6.35. The highest BCUT2D eigenvalue weighted by Gasteiger charge is 2.24. The molecule has 0 radical (unpaired) electrons. The third kappa shape index (κ3) is 2.60. The standard InChI is InChI=1S/C14H23N3S/c1-2-8-17-9-6-11-13(10-17)18-14(16-11)12-5-3-4-7-15-12/h12,15H,2-10H2,1H3. The van der Waals surface area contributed by atoms with Crippen LogP contribution in [0.15, 0.2) is 0 Å². The summed E-state index contributed by atoms with van der Waals surface area (Å²) in [5.74, 6) is 0. The van der Waals surface area contributed by atoms with Gasteiger partial charge < -0.3 is 5.32 Å². The second-order valence-corrected chi connectivity index (χ2v) is 6.57. The van der Waals surface area contributed by atoms with Crippen molar-refractivity contribution in [2.45, 2.75) is 51.6 Å². The highest BCUT2D eigenvalue weighted by Crippen LogP contribution is 2.31. The lowest BCUT2D eigenvalue weighted by atomic mass is 10.1. The number of aromatic nitrogens is 1. The van der Waals surface area contributed by atoms with Gasteiger partial charge in [-0.2, -0.15) is 0 Å². The summed E-state index contributed by atoms with van der Waals surface area (Å²) < 4.78 is 0. The summed E-state index contributed by atoms with van der Waals surface area (Å²) in [4.78, 5) is 8.99. The number of thiazole rings is 1. The van der Waals surface area contributed by atoms with Gasteiger partial charge in [-0.3, -0.25) is 4.90 Å². The number of fused-ring (bicyclic) bond motifs is 1.